The zero-order valence-electron chi connectivity index (χ0n) is 25.6. The van der Waals surface area contributed by atoms with Gasteiger partial charge < -0.3 is 19.8 Å². The molecular weight excluding hydrogens is 540 g/mol. The highest BCUT2D eigenvalue weighted by Gasteiger charge is 2.56. The van der Waals surface area contributed by atoms with Crippen molar-refractivity contribution in [2.45, 2.75) is 59.3 Å². The summed E-state index contributed by atoms with van der Waals surface area (Å²) in [4.78, 5) is 43.1. The Morgan fingerprint density at radius 2 is 1.51 bits per heavy atom. The lowest BCUT2D eigenvalue weighted by Crippen LogP contribution is -2.45. The van der Waals surface area contributed by atoms with Gasteiger partial charge in [0.25, 0.3) is 0 Å². The van der Waals surface area contributed by atoms with Crippen molar-refractivity contribution in [1.29, 1.82) is 0 Å². The Morgan fingerprint density at radius 3 is 2.12 bits per heavy atom. The van der Waals surface area contributed by atoms with Crippen molar-refractivity contribution >= 4 is 51.2 Å². The summed E-state index contributed by atoms with van der Waals surface area (Å²) in [6.45, 7) is 16.3. The third kappa shape index (κ3) is 4.11. The molecule has 43 heavy (non-hydrogen) atoms. The van der Waals surface area contributed by atoms with E-state index in [9.17, 15) is 14.7 Å². The summed E-state index contributed by atoms with van der Waals surface area (Å²) in [5.74, 6) is -3.01. The molecule has 3 aliphatic rings. The lowest BCUT2D eigenvalue weighted by Gasteiger charge is -2.40. The van der Waals surface area contributed by atoms with Crippen LogP contribution in [0.4, 0.5) is 0 Å². The van der Waals surface area contributed by atoms with Gasteiger partial charge in [0.05, 0.1) is 24.2 Å². The van der Waals surface area contributed by atoms with Crippen LogP contribution in [0, 0.1) is 26.7 Å². The van der Waals surface area contributed by atoms with Crippen molar-refractivity contribution in [3.8, 4) is 0 Å². The first-order valence-electron chi connectivity index (χ1n) is 14.4. The van der Waals surface area contributed by atoms with Gasteiger partial charge in [-0.2, -0.15) is 0 Å². The number of fused-ring (bicyclic) bond motifs is 11. The van der Waals surface area contributed by atoms with Crippen molar-refractivity contribution < 1.29 is 19.4 Å². The summed E-state index contributed by atoms with van der Waals surface area (Å²) >= 11 is 0. The molecule has 5 heterocycles. The van der Waals surface area contributed by atoms with Gasteiger partial charge in [-0.25, -0.2) is 9.78 Å². The molecule has 0 fully saturated rings. The maximum absolute atomic E-state index is 13.4. The number of carbonyl (C=O) groups is 2. The van der Waals surface area contributed by atoms with Gasteiger partial charge in [0.15, 0.2) is 0 Å². The number of rotatable bonds is 3. The maximum Gasteiger partial charge on any atom is 0.332 e. The predicted octanol–water partition coefficient (Wildman–Crippen LogP) is 7.08. The number of esters is 1. The van der Waals surface area contributed by atoms with Gasteiger partial charge in [-0.05, 0) is 93.1 Å². The molecule has 8 heteroatoms. The number of aromatic nitrogens is 4. The van der Waals surface area contributed by atoms with Crippen LogP contribution in [0.1, 0.15) is 78.1 Å². The highest BCUT2D eigenvalue weighted by atomic mass is 16.5. The van der Waals surface area contributed by atoms with Crippen molar-refractivity contribution in [2.24, 2.45) is 5.92 Å². The van der Waals surface area contributed by atoms with Crippen LogP contribution < -0.4 is 0 Å². The number of ether oxygens (including phenoxy) is 1. The Morgan fingerprint density at radius 1 is 0.930 bits per heavy atom. The molecule has 0 aromatic carbocycles. The molecule has 0 radical (unpaired) electrons. The van der Waals surface area contributed by atoms with Crippen LogP contribution in [-0.2, 0) is 19.7 Å². The molecule has 220 valence electrons. The molecule has 0 spiro atoms. The third-order valence-corrected chi connectivity index (χ3v) is 9.97. The quantitative estimate of drug-likeness (QED) is 0.287. The molecule has 0 saturated carbocycles. The Hall–Kier alpha value is -4.72. The second-order valence-electron chi connectivity index (χ2n) is 12.0. The molecule has 3 N–H and O–H groups in total. The lowest BCUT2D eigenvalue weighted by atomic mass is 9.60. The second-order valence-corrected chi connectivity index (χ2v) is 12.0. The van der Waals surface area contributed by atoms with E-state index in [4.69, 9.17) is 14.7 Å². The van der Waals surface area contributed by atoms with Crippen molar-refractivity contribution in [2.75, 3.05) is 7.11 Å². The first-order chi connectivity index (χ1) is 20.4. The van der Waals surface area contributed by atoms with E-state index in [1.807, 2.05) is 39.0 Å². The first kappa shape index (κ1) is 28.4. The number of methoxy groups -OCH3 is 1. The summed E-state index contributed by atoms with van der Waals surface area (Å²) < 4.78 is 5.21. The van der Waals surface area contributed by atoms with Gasteiger partial charge in [0.1, 0.15) is 5.92 Å². The Bertz CT molecular complexity index is 1990. The monoisotopic (exact) mass is 576 g/mol. The highest BCUT2D eigenvalue weighted by molar-refractivity contribution is 5.96. The van der Waals surface area contributed by atoms with Gasteiger partial charge in [0.2, 0.25) is 0 Å². The number of aromatic amines is 2. The van der Waals surface area contributed by atoms with Gasteiger partial charge >= 0.3 is 11.9 Å². The molecule has 8 nitrogen and oxygen atoms in total. The molecule has 8 bridgehead atoms. The number of carboxylic acids is 1. The summed E-state index contributed by atoms with van der Waals surface area (Å²) in [5.41, 5.74) is 12.2. The van der Waals surface area contributed by atoms with Crippen LogP contribution in [0.15, 0.2) is 42.5 Å². The van der Waals surface area contributed by atoms with E-state index in [0.717, 1.165) is 72.5 Å². The zero-order chi connectivity index (χ0) is 31.0. The van der Waals surface area contributed by atoms with E-state index < -0.39 is 23.3 Å². The fraction of sp³-hybridized carbons (Fsp3) is 0.314. The van der Waals surface area contributed by atoms with Crippen molar-refractivity contribution in [1.82, 2.24) is 19.9 Å². The van der Waals surface area contributed by atoms with Gasteiger partial charge in [-0.15, -0.1) is 0 Å². The number of carbonyl (C=O) groups excluding carboxylic acids is 1. The SMILES string of the molecule is C=Cc1c(C)c2cc3nc(cc4[nH]c(cc5nc(cc1[nH]2)C(C)=C5C)c(C)c4C)C1(C)C(C(=O)OC)C(C(=O)O)=CCC31. The van der Waals surface area contributed by atoms with Crippen LogP contribution in [0.3, 0.4) is 0 Å². The number of H-pyrrole nitrogens is 2. The Labute approximate surface area is 250 Å². The van der Waals surface area contributed by atoms with Crippen molar-refractivity contribution in [3.05, 3.63) is 87.5 Å². The fourth-order valence-electron chi connectivity index (χ4n) is 6.97. The van der Waals surface area contributed by atoms with Gasteiger partial charge in [-0.3, -0.25) is 9.78 Å². The van der Waals surface area contributed by atoms with E-state index in [0.29, 0.717) is 12.1 Å². The molecule has 3 atom stereocenters. The number of hydrogen-bond acceptors (Lipinski definition) is 5. The maximum atomic E-state index is 13.4. The Kier molecular flexibility index (Phi) is 6.56. The summed E-state index contributed by atoms with van der Waals surface area (Å²) in [6, 6.07) is 8.13. The fourth-order valence-corrected chi connectivity index (χ4v) is 6.97. The zero-order valence-corrected chi connectivity index (χ0v) is 25.6. The van der Waals surface area contributed by atoms with E-state index in [2.05, 4.69) is 49.5 Å². The van der Waals surface area contributed by atoms with Crippen LogP contribution >= 0.6 is 0 Å². The number of aliphatic carboxylic acids is 1. The van der Waals surface area contributed by atoms with Gasteiger partial charge in [-0.1, -0.05) is 25.7 Å². The normalized spacial score (nSPS) is 21.3. The van der Waals surface area contributed by atoms with E-state index in [-0.39, 0.29) is 11.5 Å². The smallest absolute Gasteiger partial charge is 0.332 e. The van der Waals surface area contributed by atoms with E-state index in [1.165, 1.54) is 7.11 Å². The van der Waals surface area contributed by atoms with E-state index in [1.54, 1.807) is 6.08 Å². The minimum Gasteiger partial charge on any atom is -0.478 e. The summed E-state index contributed by atoms with van der Waals surface area (Å²) in [6.07, 6.45) is 3.92. The van der Waals surface area contributed by atoms with Crippen LogP contribution in [-0.4, -0.2) is 44.1 Å². The molecule has 3 aromatic heterocycles. The standard InChI is InChI=1S/C35H36N4O4/c1-9-21-20(6)27-14-30-23-11-10-22(33(40)41)32(34(42)43-8)35(23,7)31(39-30)15-28-19(5)18(4)25(37-28)12-24-16(2)17(3)26(36-24)13-29(21)38-27/h9-10,12-15,23,32,37-38H,1,11H2,2-8H3,(H,40,41). The Balaban J connectivity index is 1.79. The molecule has 3 unspecified atom stereocenters. The van der Waals surface area contributed by atoms with Crippen LogP contribution in [0.25, 0.3) is 39.3 Å². The number of aryl methyl sites for hydroxylation is 3. The number of carboxylic acid groups (broad SMARTS) is 1. The molecule has 1 aliphatic carbocycles. The average Bonchev–Trinajstić information content (AvgIpc) is 3.61. The minimum atomic E-state index is -1.13. The molecule has 0 amide bonds. The molecule has 0 saturated heterocycles. The lowest BCUT2D eigenvalue weighted by molar-refractivity contribution is -0.149. The average molecular weight is 577 g/mol. The van der Waals surface area contributed by atoms with Crippen molar-refractivity contribution in [3.63, 3.8) is 0 Å². The summed E-state index contributed by atoms with van der Waals surface area (Å²) in [5, 5.41) is 10.1. The summed E-state index contributed by atoms with van der Waals surface area (Å²) in [7, 11) is 1.30. The predicted molar refractivity (Wildman–Crippen MR) is 169 cm³/mol. The molecule has 6 rings (SSSR count). The van der Waals surface area contributed by atoms with Crippen LogP contribution in [0.5, 0.6) is 0 Å². The first-order valence-corrected chi connectivity index (χ1v) is 14.4. The van der Waals surface area contributed by atoms with Crippen LogP contribution in [0.2, 0.25) is 0 Å². The number of hydrogen-bond donors (Lipinski definition) is 3. The van der Waals surface area contributed by atoms with Gasteiger partial charge in [0, 0.05) is 50.2 Å². The highest BCUT2D eigenvalue weighted by Crippen LogP contribution is 2.55. The number of allylic oxidation sites excluding steroid dienone is 3. The molecular formula is C35H36N4O4. The molecule has 3 aromatic rings. The second kappa shape index (κ2) is 9.93. The number of nitrogens with one attached hydrogen (secondary N) is 2. The van der Waals surface area contributed by atoms with E-state index >= 15 is 0 Å². The number of nitrogens with zero attached hydrogens (tertiary/aromatic N) is 2. The largest absolute Gasteiger partial charge is 0.478 e. The third-order valence-electron chi connectivity index (χ3n) is 9.97. The molecule has 2 aliphatic heterocycles. The minimum absolute atomic E-state index is 0.0397. The topological polar surface area (TPSA) is 121 Å².